The minimum Gasteiger partial charge on any atom is -0.481 e. The van der Waals surface area contributed by atoms with E-state index in [0.717, 1.165) is 22.3 Å². The molecule has 0 saturated heterocycles. The number of benzene rings is 2. The average Bonchev–Trinajstić information content (AvgIpc) is 3.52. The Kier molecular flexibility index (Phi) is 6.24. The molecule has 2 aliphatic rings. The second kappa shape index (κ2) is 9.00. The number of carboxylic acids is 1. The average molecular weight is 476 g/mol. The number of carbonyl (C=O) groups is 3. The normalized spacial score (nSPS) is 16.7. The van der Waals surface area contributed by atoms with E-state index < -0.39 is 42.0 Å². The van der Waals surface area contributed by atoms with Crippen molar-refractivity contribution < 1.29 is 37.4 Å². The van der Waals surface area contributed by atoms with Gasteiger partial charge in [-0.25, -0.2) is 4.79 Å². The Morgan fingerprint density at radius 2 is 1.56 bits per heavy atom. The number of rotatable bonds is 8. The second-order valence-corrected chi connectivity index (χ2v) is 8.60. The molecule has 0 aliphatic heterocycles. The van der Waals surface area contributed by atoms with E-state index in [-0.39, 0.29) is 19.1 Å². The number of halogens is 3. The van der Waals surface area contributed by atoms with Gasteiger partial charge in [-0.2, -0.15) is 13.2 Å². The van der Waals surface area contributed by atoms with Crippen molar-refractivity contribution in [3.05, 3.63) is 59.7 Å². The van der Waals surface area contributed by atoms with Crippen molar-refractivity contribution in [2.24, 2.45) is 11.3 Å². The Balaban J connectivity index is 1.30. The molecule has 1 fully saturated rings. The monoisotopic (exact) mass is 476 g/mol. The van der Waals surface area contributed by atoms with Crippen molar-refractivity contribution in [3.63, 3.8) is 0 Å². The summed E-state index contributed by atoms with van der Waals surface area (Å²) < 4.78 is 43.7. The lowest BCUT2D eigenvalue weighted by molar-refractivity contribution is -0.192. The maximum Gasteiger partial charge on any atom is 0.407 e. The highest BCUT2D eigenvalue weighted by Gasteiger charge is 2.51. The van der Waals surface area contributed by atoms with Crippen molar-refractivity contribution in [2.45, 2.75) is 24.9 Å². The third-order valence-electron chi connectivity index (χ3n) is 6.41. The van der Waals surface area contributed by atoms with Gasteiger partial charge in [0.15, 0.2) is 5.92 Å². The molecule has 0 aromatic heterocycles. The molecule has 2 aromatic rings. The van der Waals surface area contributed by atoms with Crippen LogP contribution in [-0.2, 0) is 14.3 Å². The first kappa shape index (κ1) is 23.6. The lowest BCUT2D eigenvalue weighted by atomic mass is 9.98. The Morgan fingerprint density at radius 1 is 1.00 bits per heavy atom. The first-order valence-electron chi connectivity index (χ1n) is 10.8. The zero-order valence-corrected chi connectivity index (χ0v) is 18.0. The van der Waals surface area contributed by atoms with Gasteiger partial charge >= 0.3 is 18.2 Å². The Hall–Kier alpha value is -3.56. The summed E-state index contributed by atoms with van der Waals surface area (Å²) in [5, 5.41) is 13.3. The van der Waals surface area contributed by atoms with E-state index in [0.29, 0.717) is 12.8 Å². The molecule has 180 valence electrons. The molecule has 1 atom stereocenters. The Labute approximate surface area is 193 Å². The van der Waals surface area contributed by atoms with Crippen molar-refractivity contribution in [2.75, 3.05) is 19.7 Å². The summed E-state index contributed by atoms with van der Waals surface area (Å²) in [6.45, 7) is -1.09. The molecular weight excluding hydrogens is 453 g/mol. The van der Waals surface area contributed by atoms with E-state index in [2.05, 4.69) is 10.6 Å². The second-order valence-electron chi connectivity index (χ2n) is 8.60. The zero-order chi connectivity index (χ0) is 24.5. The van der Waals surface area contributed by atoms with Crippen LogP contribution >= 0.6 is 0 Å². The van der Waals surface area contributed by atoms with E-state index in [9.17, 15) is 27.6 Å². The molecule has 3 N–H and O–H groups in total. The van der Waals surface area contributed by atoms with Crippen LogP contribution in [0.15, 0.2) is 48.5 Å². The van der Waals surface area contributed by atoms with Crippen LogP contribution in [0.4, 0.5) is 18.0 Å². The number of hydrogen-bond donors (Lipinski definition) is 3. The maximum absolute atomic E-state index is 12.8. The van der Waals surface area contributed by atoms with Crippen LogP contribution in [0.5, 0.6) is 0 Å². The minimum atomic E-state index is -4.98. The number of ether oxygens (including phenoxy) is 1. The molecule has 0 spiro atoms. The largest absolute Gasteiger partial charge is 0.481 e. The highest BCUT2D eigenvalue weighted by atomic mass is 19.4. The maximum atomic E-state index is 12.8. The van der Waals surface area contributed by atoms with Gasteiger partial charge in [-0.1, -0.05) is 48.5 Å². The third-order valence-corrected chi connectivity index (χ3v) is 6.41. The summed E-state index contributed by atoms with van der Waals surface area (Å²) >= 11 is 0. The Morgan fingerprint density at radius 3 is 2.06 bits per heavy atom. The number of fused-ring (bicyclic) bond motifs is 3. The minimum absolute atomic E-state index is 0.0882. The fraction of sp³-hybridized carbons (Fsp3) is 0.375. The lowest BCUT2D eigenvalue weighted by Crippen LogP contribution is -2.46. The van der Waals surface area contributed by atoms with Crippen LogP contribution in [0.1, 0.15) is 29.9 Å². The van der Waals surface area contributed by atoms with Gasteiger partial charge < -0.3 is 20.5 Å². The number of aliphatic carboxylic acids is 1. The summed E-state index contributed by atoms with van der Waals surface area (Å²) in [6, 6.07) is 15.7. The van der Waals surface area contributed by atoms with Gasteiger partial charge in [-0.05, 0) is 35.1 Å². The lowest BCUT2D eigenvalue weighted by Gasteiger charge is -2.20. The summed E-state index contributed by atoms with van der Waals surface area (Å²) in [5.41, 5.74) is 3.21. The van der Waals surface area contributed by atoms with Crippen LogP contribution < -0.4 is 10.6 Å². The van der Waals surface area contributed by atoms with Gasteiger partial charge in [-0.15, -0.1) is 0 Å². The van der Waals surface area contributed by atoms with E-state index in [4.69, 9.17) is 9.84 Å². The third kappa shape index (κ3) is 4.71. The number of hydrogen-bond acceptors (Lipinski definition) is 4. The van der Waals surface area contributed by atoms with Gasteiger partial charge in [0.2, 0.25) is 5.91 Å². The molecule has 7 nitrogen and oxygen atoms in total. The molecule has 0 heterocycles. The van der Waals surface area contributed by atoms with Crippen LogP contribution in [-0.4, -0.2) is 48.9 Å². The van der Waals surface area contributed by atoms with E-state index in [1.807, 2.05) is 48.5 Å². The molecule has 2 amide bonds. The first-order valence-corrected chi connectivity index (χ1v) is 10.8. The highest BCUT2D eigenvalue weighted by Crippen LogP contribution is 2.46. The summed E-state index contributed by atoms with van der Waals surface area (Å²) in [5.74, 6) is -5.61. The van der Waals surface area contributed by atoms with E-state index >= 15 is 0 Å². The SMILES string of the molecule is O=C(NCC1(C(=O)NCC(C(=O)O)C(F)(F)F)CC1)OCC1c2ccccc2-c2ccccc21. The summed E-state index contributed by atoms with van der Waals surface area (Å²) in [6.07, 6.45) is -4.98. The van der Waals surface area contributed by atoms with Gasteiger partial charge in [0.1, 0.15) is 6.61 Å². The number of carboxylic acid groups (broad SMARTS) is 1. The first-order chi connectivity index (χ1) is 16.1. The standard InChI is InChI=1S/C24H23F3N2O5/c25-24(26,27)19(20(30)31)11-28-21(32)23(9-10-23)13-29-22(33)34-12-18-16-7-3-1-5-14(16)15-6-2-4-8-17(15)18/h1-8,18-19H,9-13H2,(H,28,32)(H,29,33)(H,30,31). The molecule has 4 rings (SSSR count). The van der Waals surface area contributed by atoms with Gasteiger partial charge in [0, 0.05) is 19.0 Å². The van der Waals surface area contributed by atoms with Crippen LogP contribution in [0.2, 0.25) is 0 Å². The fourth-order valence-electron chi connectivity index (χ4n) is 4.25. The van der Waals surface area contributed by atoms with Gasteiger partial charge in [0.05, 0.1) is 5.41 Å². The molecule has 0 bridgehead atoms. The van der Waals surface area contributed by atoms with Crippen molar-refractivity contribution in [1.29, 1.82) is 0 Å². The smallest absolute Gasteiger partial charge is 0.407 e. The molecule has 34 heavy (non-hydrogen) atoms. The van der Waals surface area contributed by atoms with Gasteiger partial charge in [0.25, 0.3) is 0 Å². The van der Waals surface area contributed by atoms with E-state index in [1.54, 1.807) is 0 Å². The molecule has 2 aromatic carbocycles. The molecule has 2 aliphatic carbocycles. The van der Waals surface area contributed by atoms with E-state index in [1.165, 1.54) is 0 Å². The number of nitrogens with one attached hydrogen (secondary N) is 2. The number of amides is 2. The molecule has 1 unspecified atom stereocenters. The number of alkyl carbamates (subject to hydrolysis) is 1. The Bertz CT molecular complexity index is 1070. The van der Waals surface area contributed by atoms with Crippen LogP contribution in [0, 0.1) is 11.3 Å². The molecule has 10 heteroatoms. The number of carbonyl (C=O) groups excluding carboxylic acids is 2. The quantitative estimate of drug-likeness (QED) is 0.539. The summed E-state index contributed by atoms with van der Waals surface area (Å²) in [7, 11) is 0. The van der Waals surface area contributed by atoms with Crippen LogP contribution in [0.3, 0.4) is 0 Å². The zero-order valence-electron chi connectivity index (χ0n) is 18.0. The number of alkyl halides is 3. The van der Waals surface area contributed by atoms with Crippen molar-refractivity contribution in [3.8, 4) is 11.1 Å². The molecule has 0 radical (unpaired) electrons. The van der Waals surface area contributed by atoms with Crippen LogP contribution in [0.25, 0.3) is 11.1 Å². The molecular formula is C24H23F3N2O5. The summed E-state index contributed by atoms with van der Waals surface area (Å²) in [4.78, 5) is 35.5. The topological polar surface area (TPSA) is 105 Å². The highest BCUT2D eigenvalue weighted by molar-refractivity contribution is 5.86. The predicted octanol–water partition coefficient (Wildman–Crippen LogP) is 3.68. The van der Waals surface area contributed by atoms with Gasteiger partial charge in [-0.3, -0.25) is 9.59 Å². The van der Waals surface area contributed by atoms with Crippen molar-refractivity contribution in [1.82, 2.24) is 10.6 Å². The van der Waals surface area contributed by atoms with Crippen molar-refractivity contribution >= 4 is 18.0 Å². The molecule has 1 saturated carbocycles. The fourth-order valence-corrected chi connectivity index (χ4v) is 4.25. The predicted molar refractivity (Wildman–Crippen MR) is 115 cm³/mol.